The fraction of sp³-hybridized carbons (Fsp3) is 0.350. The lowest BCUT2D eigenvalue weighted by atomic mass is 10.1. The smallest absolute Gasteiger partial charge is 0.407 e. The van der Waals surface area contributed by atoms with Gasteiger partial charge in [0, 0.05) is 31.8 Å². The molecular weight excluding hydrogens is 358 g/mol. The molecule has 1 aliphatic rings. The Kier molecular flexibility index (Phi) is 4.77. The van der Waals surface area contributed by atoms with E-state index in [0.717, 1.165) is 40.3 Å². The molecule has 0 bridgehead atoms. The summed E-state index contributed by atoms with van der Waals surface area (Å²) >= 11 is 0. The van der Waals surface area contributed by atoms with Gasteiger partial charge in [0.2, 0.25) is 0 Å². The molecule has 1 aromatic carbocycles. The molecule has 3 aromatic rings. The van der Waals surface area contributed by atoms with Crippen molar-refractivity contribution in [2.45, 2.75) is 25.9 Å². The molecule has 8 heteroatoms. The SMILES string of the molecule is CCc1cc(OC2CCN(C(=O)O)C2)ccc1Nc1cc2c(cn1)ncn2C. The van der Waals surface area contributed by atoms with Crippen molar-refractivity contribution in [3.8, 4) is 5.75 Å². The molecular formula is C20H23N5O3. The Morgan fingerprint density at radius 3 is 2.96 bits per heavy atom. The van der Waals surface area contributed by atoms with Gasteiger partial charge in [-0.2, -0.15) is 0 Å². The van der Waals surface area contributed by atoms with Crippen LogP contribution >= 0.6 is 0 Å². The van der Waals surface area contributed by atoms with Crippen molar-refractivity contribution < 1.29 is 14.6 Å². The van der Waals surface area contributed by atoms with Gasteiger partial charge in [-0.1, -0.05) is 6.92 Å². The fourth-order valence-electron chi connectivity index (χ4n) is 3.49. The maximum Gasteiger partial charge on any atom is 0.407 e. The molecule has 1 fully saturated rings. The number of nitrogens with one attached hydrogen (secondary N) is 1. The third-order valence-corrected chi connectivity index (χ3v) is 5.05. The van der Waals surface area contributed by atoms with Gasteiger partial charge in [-0.3, -0.25) is 0 Å². The number of hydrogen-bond donors (Lipinski definition) is 2. The predicted octanol–water partition coefficient (Wildman–Crippen LogP) is 3.41. The number of benzene rings is 1. The number of likely N-dealkylation sites (tertiary alicyclic amines) is 1. The Bertz CT molecular complexity index is 1020. The van der Waals surface area contributed by atoms with Gasteiger partial charge in [-0.25, -0.2) is 14.8 Å². The predicted molar refractivity (Wildman–Crippen MR) is 106 cm³/mol. The summed E-state index contributed by atoms with van der Waals surface area (Å²) in [5, 5.41) is 12.5. The van der Waals surface area contributed by atoms with Gasteiger partial charge in [0.1, 0.15) is 23.2 Å². The molecule has 4 rings (SSSR count). The van der Waals surface area contributed by atoms with Crippen LogP contribution in [0.1, 0.15) is 18.9 Å². The van der Waals surface area contributed by atoms with E-state index >= 15 is 0 Å². The molecule has 0 saturated carbocycles. The molecule has 2 N–H and O–H groups in total. The molecule has 2 aromatic heterocycles. The summed E-state index contributed by atoms with van der Waals surface area (Å²) in [6.45, 7) is 3.01. The van der Waals surface area contributed by atoms with Crippen LogP contribution in [0.15, 0.2) is 36.8 Å². The van der Waals surface area contributed by atoms with Crippen LogP contribution in [0.2, 0.25) is 0 Å². The standard InChI is InChI=1S/C20H23N5O3/c1-3-13-8-14(28-15-6-7-25(11-15)20(26)27)4-5-16(13)23-19-9-18-17(10-21-19)22-12-24(18)2/h4-5,8-10,12,15H,3,6-7,11H2,1-2H3,(H,21,23)(H,26,27). The summed E-state index contributed by atoms with van der Waals surface area (Å²) < 4.78 is 7.97. The first kappa shape index (κ1) is 18.1. The number of aryl methyl sites for hydroxylation is 2. The quantitative estimate of drug-likeness (QED) is 0.704. The maximum absolute atomic E-state index is 11.1. The fourth-order valence-corrected chi connectivity index (χ4v) is 3.49. The van der Waals surface area contributed by atoms with Crippen molar-refractivity contribution in [2.24, 2.45) is 7.05 Å². The Morgan fingerprint density at radius 2 is 2.21 bits per heavy atom. The van der Waals surface area contributed by atoms with Crippen molar-refractivity contribution in [2.75, 3.05) is 18.4 Å². The van der Waals surface area contributed by atoms with Gasteiger partial charge in [-0.15, -0.1) is 0 Å². The van der Waals surface area contributed by atoms with E-state index in [0.29, 0.717) is 19.5 Å². The first-order valence-electron chi connectivity index (χ1n) is 9.35. The highest BCUT2D eigenvalue weighted by Crippen LogP contribution is 2.28. The van der Waals surface area contributed by atoms with E-state index in [1.807, 2.05) is 35.9 Å². The highest BCUT2D eigenvalue weighted by atomic mass is 16.5. The number of amides is 1. The summed E-state index contributed by atoms with van der Waals surface area (Å²) in [5.74, 6) is 1.52. The molecule has 28 heavy (non-hydrogen) atoms. The number of aromatic nitrogens is 3. The zero-order valence-electron chi connectivity index (χ0n) is 15.9. The van der Waals surface area contributed by atoms with Gasteiger partial charge < -0.3 is 24.6 Å². The van der Waals surface area contributed by atoms with Crippen LogP contribution in [0.25, 0.3) is 11.0 Å². The third-order valence-electron chi connectivity index (χ3n) is 5.05. The lowest BCUT2D eigenvalue weighted by Gasteiger charge is -2.17. The molecule has 1 aliphatic heterocycles. The molecule has 1 unspecified atom stereocenters. The number of nitrogens with zero attached hydrogens (tertiary/aromatic N) is 4. The largest absolute Gasteiger partial charge is 0.489 e. The Hall–Kier alpha value is -3.29. The van der Waals surface area contributed by atoms with Gasteiger partial charge in [0.25, 0.3) is 0 Å². The Morgan fingerprint density at radius 1 is 1.36 bits per heavy atom. The highest BCUT2D eigenvalue weighted by molar-refractivity contribution is 5.78. The minimum absolute atomic E-state index is 0.103. The van der Waals surface area contributed by atoms with Gasteiger partial charge in [0.15, 0.2) is 0 Å². The monoisotopic (exact) mass is 381 g/mol. The zero-order valence-corrected chi connectivity index (χ0v) is 15.9. The molecule has 8 nitrogen and oxygen atoms in total. The van der Waals surface area contributed by atoms with Crippen molar-refractivity contribution >= 4 is 28.6 Å². The number of hydrogen-bond acceptors (Lipinski definition) is 5. The highest BCUT2D eigenvalue weighted by Gasteiger charge is 2.27. The minimum atomic E-state index is -0.891. The zero-order chi connectivity index (χ0) is 19.7. The number of anilines is 2. The van der Waals surface area contributed by atoms with Crippen LogP contribution in [0.4, 0.5) is 16.3 Å². The normalized spacial score (nSPS) is 16.5. The number of rotatable bonds is 5. The van der Waals surface area contributed by atoms with Crippen LogP contribution in [-0.4, -0.2) is 49.8 Å². The van der Waals surface area contributed by atoms with Crippen molar-refractivity contribution in [3.05, 3.63) is 42.4 Å². The van der Waals surface area contributed by atoms with Gasteiger partial charge >= 0.3 is 6.09 Å². The van der Waals surface area contributed by atoms with Crippen molar-refractivity contribution in [3.63, 3.8) is 0 Å². The van der Waals surface area contributed by atoms with Crippen LogP contribution in [0, 0.1) is 0 Å². The molecule has 1 atom stereocenters. The van der Waals surface area contributed by atoms with E-state index in [4.69, 9.17) is 9.84 Å². The van der Waals surface area contributed by atoms with Gasteiger partial charge in [-0.05, 0) is 30.2 Å². The van der Waals surface area contributed by atoms with Crippen LogP contribution < -0.4 is 10.1 Å². The molecule has 0 aliphatic carbocycles. The number of fused-ring (bicyclic) bond motifs is 1. The van der Waals surface area contributed by atoms with Crippen LogP contribution in [-0.2, 0) is 13.5 Å². The summed E-state index contributed by atoms with van der Waals surface area (Å²) in [6, 6.07) is 7.88. The number of carboxylic acid groups (broad SMARTS) is 1. The third kappa shape index (κ3) is 3.58. The lowest BCUT2D eigenvalue weighted by molar-refractivity contribution is 0.145. The van der Waals surface area contributed by atoms with Gasteiger partial charge in [0.05, 0.1) is 24.6 Å². The number of pyridine rings is 1. The van der Waals surface area contributed by atoms with E-state index in [1.54, 1.807) is 12.5 Å². The Labute approximate surface area is 162 Å². The molecule has 3 heterocycles. The first-order chi connectivity index (χ1) is 13.5. The van der Waals surface area contributed by atoms with E-state index < -0.39 is 6.09 Å². The van der Waals surface area contributed by atoms with E-state index in [2.05, 4.69) is 22.2 Å². The lowest BCUT2D eigenvalue weighted by Crippen LogP contribution is -2.29. The minimum Gasteiger partial charge on any atom is -0.489 e. The molecule has 1 saturated heterocycles. The Balaban J connectivity index is 1.50. The summed E-state index contributed by atoms with van der Waals surface area (Å²) in [5.41, 5.74) is 3.96. The molecule has 146 valence electrons. The molecule has 0 spiro atoms. The second-order valence-corrected chi connectivity index (χ2v) is 6.97. The number of carbonyl (C=O) groups is 1. The average molecular weight is 381 g/mol. The summed E-state index contributed by atoms with van der Waals surface area (Å²) in [4.78, 5) is 21.2. The topological polar surface area (TPSA) is 92.5 Å². The van der Waals surface area contributed by atoms with Crippen molar-refractivity contribution in [1.82, 2.24) is 19.4 Å². The first-order valence-corrected chi connectivity index (χ1v) is 9.35. The number of imidazole rings is 1. The molecule has 0 radical (unpaired) electrons. The average Bonchev–Trinajstić information content (AvgIpc) is 3.30. The second kappa shape index (κ2) is 7.38. The second-order valence-electron chi connectivity index (χ2n) is 6.97. The number of ether oxygens (including phenoxy) is 1. The van der Waals surface area contributed by atoms with E-state index in [9.17, 15) is 4.79 Å². The van der Waals surface area contributed by atoms with Crippen LogP contribution in [0.3, 0.4) is 0 Å². The van der Waals surface area contributed by atoms with Crippen molar-refractivity contribution in [1.29, 1.82) is 0 Å². The van der Waals surface area contributed by atoms with E-state index in [1.165, 1.54) is 4.90 Å². The van der Waals surface area contributed by atoms with Crippen LogP contribution in [0.5, 0.6) is 5.75 Å². The maximum atomic E-state index is 11.1. The van der Waals surface area contributed by atoms with E-state index in [-0.39, 0.29) is 6.10 Å². The summed E-state index contributed by atoms with van der Waals surface area (Å²) in [6.07, 6.45) is 4.08. The summed E-state index contributed by atoms with van der Waals surface area (Å²) in [7, 11) is 1.96. The molecule has 1 amide bonds.